The third-order valence-corrected chi connectivity index (χ3v) is 5.94. The average molecular weight is 467 g/mol. The van der Waals surface area contributed by atoms with Gasteiger partial charge in [-0.1, -0.05) is 32.5 Å². The molecule has 0 bridgehead atoms. The molecule has 0 aliphatic carbocycles. The molecule has 0 atom stereocenters. The van der Waals surface area contributed by atoms with E-state index in [4.69, 9.17) is 4.42 Å². The van der Waals surface area contributed by atoms with Gasteiger partial charge >= 0.3 is 0 Å². The van der Waals surface area contributed by atoms with Crippen LogP contribution < -0.4 is 10.2 Å². The molecule has 0 aliphatic heterocycles. The molecule has 0 aliphatic rings. The number of hydrogen-bond donors (Lipinski definition) is 1. The highest BCUT2D eigenvalue weighted by molar-refractivity contribution is 7.99. The second kappa shape index (κ2) is 10.7. The van der Waals surface area contributed by atoms with Crippen LogP contribution in [-0.4, -0.2) is 40.7 Å². The number of nitrogens with zero attached hydrogens (tertiary/aromatic N) is 3. The Kier molecular flexibility index (Phi) is 7.92. The predicted octanol–water partition coefficient (Wildman–Crippen LogP) is 5.54. The summed E-state index contributed by atoms with van der Waals surface area (Å²) < 4.78 is 5.73. The topological polar surface area (TPSA) is 88.3 Å². The first-order valence-electron chi connectivity index (χ1n) is 11.0. The fourth-order valence-corrected chi connectivity index (χ4v) is 3.71. The van der Waals surface area contributed by atoms with Crippen LogP contribution in [0.15, 0.2) is 58.2 Å². The summed E-state index contributed by atoms with van der Waals surface area (Å²) in [5.74, 6) is 0.468. The molecule has 33 heavy (non-hydrogen) atoms. The summed E-state index contributed by atoms with van der Waals surface area (Å²) >= 11 is 1.20. The molecule has 1 heterocycles. The van der Waals surface area contributed by atoms with E-state index in [0.717, 1.165) is 24.3 Å². The summed E-state index contributed by atoms with van der Waals surface area (Å²) in [6.45, 7) is 11.7. The molecule has 0 saturated heterocycles. The molecule has 0 fully saturated rings. The van der Waals surface area contributed by atoms with Crippen molar-refractivity contribution in [2.45, 2.75) is 39.8 Å². The van der Waals surface area contributed by atoms with E-state index in [1.165, 1.54) is 11.8 Å². The number of rotatable bonds is 9. The van der Waals surface area contributed by atoms with Gasteiger partial charge in [0.15, 0.2) is 5.78 Å². The summed E-state index contributed by atoms with van der Waals surface area (Å²) in [6.07, 6.45) is 0. The van der Waals surface area contributed by atoms with Crippen molar-refractivity contribution in [3.63, 3.8) is 0 Å². The smallest absolute Gasteiger partial charge is 0.277 e. The fourth-order valence-electron chi connectivity index (χ4n) is 3.06. The second-order valence-corrected chi connectivity index (χ2v) is 9.51. The van der Waals surface area contributed by atoms with Crippen LogP contribution >= 0.6 is 11.8 Å². The zero-order valence-corrected chi connectivity index (χ0v) is 20.5. The SMILES string of the molecule is CCN(CC)c1ccc(-c2nnc(SCC(=O)c3ccc(NC(=O)C(C)(C)C)cc3)o2)cc1. The summed E-state index contributed by atoms with van der Waals surface area (Å²) in [5.41, 5.74) is 2.72. The van der Waals surface area contributed by atoms with Crippen molar-refractivity contribution in [1.29, 1.82) is 0 Å². The Morgan fingerprint density at radius 2 is 1.61 bits per heavy atom. The van der Waals surface area contributed by atoms with Crippen molar-refractivity contribution in [3.8, 4) is 11.5 Å². The molecule has 7 nitrogen and oxygen atoms in total. The maximum absolute atomic E-state index is 12.5. The van der Waals surface area contributed by atoms with Gasteiger partial charge in [-0.3, -0.25) is 9.59 Å². The number of hydrogen-bond acceptors (Lipinski definition) is 7. The number of thioether (sulfide) groups is 1. The first kappa shape index (κ1) is 24.5. The number of nitrogens with one attached hydrogen (secondary N) is 1. The Morgan fingerprint density at radius 1 is 0.970 bits per heavy atom. The molecule has 0 radical (unpaired) electrons. The summed E-state index contributed by atoms with van der Waals surface area (Å²) in [7, 11) is 0. The number of ketones is 1. The first-order valence-corrected chi connectivity index (χ1v) is 12.0. The molecule has 8 heteroatoms. The lowest BCUT2D eigenvalue weighted by molar-refractivity contribution is -0.123. The molecule has 3 aromatic rings. The predicted molar refractivity (Wildman–Crippen MR) is 133 cm³/mol. The van der Waals surface area contributed by atoms with E-state index in [9.17, 15) is 9.59 Å². The lowest BCUT2D eigenvalue weighted by atomic mass is 9.95. The average Bonchev–Trinajstić information content (AvgIpc) is 3.28. The maximum atomic E-state index is 12.5. The molecule has 2 aromatic carbocycles. The van der Waals surface area contributed by atoms with Gasteiger partial charge in [0, 0.05) is 41.0 Å². The van der Waals surface area contributed by atoms with E-state index in [1.54, 1.807) is 24.3 Å². The highest BCUT2D eigenvalue weighted by Crippen LogP contribution is 2.26. The third kappa shape index (κ3) is 6.44. The number of anilines is 2. The largest absolute Gasteiger partial charge is 0.411 e. The van der Waals surface area contributed by atoms with Crippen molar-refractivity contribution in [2.24, 2.45) is 5.41 Å². The molecular weight excluding hydrogens is 436 g/mol. The minimum atomic E-state index is -0.485. The zero-order valence-electron chi connectivity index (χ0n) is 19.7. The highest BCUT2D eigenvalue weighted by Gasteiger charge is 2.21. The van der Waals surface area contributed by atoms with Gasteiger partial charge in [0.05, 0.1) is 5.75 Å². The zero-order chi connectivity index (χ0) is 24.0. The Bertz CT molecular complexity index is 1080. The van der Waals surface area contributed by atoms with E-state index in [-0.39, 0.29) is 17.4 Å². The van der Waals surface area contributed by atoms with E-state index < -0.39 is 5.41 Å². The summed E-state index contributed by atoms with van der Waals surface area (Å²) in [6, 6.07) is 14.9. The van der Waals surface area contributed by atoms with Crippen LogP contribution in [0.25, 0.3) is 11.5 Å². The van der Waals surface area contributed by atoms with Gasteiger partial charge in [-0.15, -0.1) is 10.2 Å². The molecule has 1 aromatic heterocycles. The van der Waals surface area contributed by atoms with Crippen molar-refractivity contribution in [1.82, 2.24) is 10.2 Å². The summed E-state index contributed by atoms with van der Waals surface area (Å²) in [4.78, 5) is 26.9. The minimum absolute atomic E-state index is 0.0583. The molecule has 1 N–H and O–H groups in total. The number of Topliss-reactive ketones (excluding diaryl/α,β-unsaturated/α-hetero) is 1. The van der Waals surface area contributed by atoms with Gasteiger partial charge in [-0.05, 0) is 62.4 Å². The number of aromatic nitrogens is 2. The third-order valence-electron chi connectivity index (χ3n) is 5.12. The van der Waals surface area contributed by atoms with Crippen LogP contribution in [0, 0.1) is 5.41 Å². The van der Waals surface area contributed by atoms with Crippen LogP contribution in [0.5, 0.6) is 0 Å². The van der Waals surface area contributed by atoms with Gasteiger partial charge < -0.3 is 14.6 Å². The Morgan fingerprint density at radius 3 is 2.18 bits per heavy atom. The van der Waals surface area contributed by atoms with Gasteiger partial charge in [-0.2, -0.15) is 0 Å². The number of carbonyl (C=O) groups is 2. The highest BCUT2D eigenvalue weighted by atomic mass is 32.2. The number of amides is 1. The van der Waals surface area contributed by atoms with Crippen LogP contribution in [0.1, 0.15) is 45.0 Å². The Balaban J connectivity index is 1.57. The van der Waals surface area contributed by atoms with E-state index in [0.29, 0.717) is 22.4 Å². The van der Waals surface area contributed by atoms with Gasteiger partial charge in [0.25, 0.3) is 5.22 Å². The normalized spacial score (nSPS) is 11.3. The quantitative estimate of drug-likeness (QED) is 0.327. The second-order valence-electron chi connectivity index (χ2n) is 8.59. The van der Waals surface area contributed by atoms with E-state index in [2.05, 4.69) is 34.3 Å². The van der Waals surface area contributed by atoms with Crippen LogP contribution in [0.4, 0.5) is 11.4 Å². The van der Waals surface area contributed by atoms with Crippen LogP contribution in [-0.2, 0) is 4.79 Å². The molecule has 0 unspecified atom stereocenters. The van der Waals surface area contributed by atoms with Crippen LogP contribution in [0.3, 0.4) is 0 Å². The Labute approximate surface area is 199 Å². The van der Waals surface area contributed by atoms with Gasteiger partial charge in [-0.25, -0.2) is 0 Å². The van der Waals surface area contributed by atoms with Gasteiger partial charge in [0.1, 0.15) is 0 Å². The lowest BCUT2D eigenvalue weighted by Gasteiger charge is -2.20. The molecule has 1 amide bonds. The van der Waals surface area contributed by atoms with Crippen molar-refractivity contribution in [2.75, 3.05) is 29.1 Å². The van der Waals surface area contributed by atoms with Crippen LogP contribution in [0.2, 0.25) is 0 Å². The molecule has 0 saturated carbocycles. The monoisotopic (exact) mass is 466 g/mol. The molecule has 174 valence electrons. The summed E-state index contributed by atoms with van der Waals surface area (Å²) in [5, 5.41) is 11.4. The van der Waals surface area contributed by atoms with E-state index >= 15 is 0 Å². The maximum Gasteiger partial charge on any atom is 0.277 e. The standard InChI is InChI=1S/C25H30N4O3S/c1-6-29(7-2)20-14-10-18(11-15-20)22-27-28-24(32-22)33-16-21(30)17-8-12-19(13-9-17)26-23(31)25(3,4)5/h8-15H,6-7,16H2,1-5H3,(H,26,31). The number of benzene rings is 2. The van der Waals surface area contributed by atoms with E-state index in [1.807, 2.05) is 45.0 Å². The Hall–Kier alpha value is -3.13. The fraction of sp³-hybridized carbons (Fsp3) is 0.360. The molecule has 0 spiro atoms. The van der Waals surface area contributed by atoms with Crippen molar-refractivity contribution < 1.29 is 14.0 Å². The van der Waals surface area contributed by atoms with Crippen molar-refractivity contribution in [3.05, 3.63) is 54.1 Å². The lowest BCUT2D eigenvalue weighted by Crippen LogP contribution is -2.27. The minimum Gasteiger partial charge on any atom is -0.411 e. The van der Waals surface area contributed by atoms with Crippen molar-refractivity contribution >= 4 is 34.8 Å². The molecule has 3 rings (SSSR count). The van der Waals surface area contributed by atoms with Gasteiger partial charge in [0.2, 0.25) is 11.8 Å². The molecular formula is C25H30N4O3S. The first-order chi connectivity index (χ1) is 15.7. The number of carbonyl (C=O) groups excluding carboxylic acids is 2.